The van der Waals surface area contributed by atoms with Crippen LogP contribution < -0.4 is 0 Å². The Morgan fingerprint density at radius 1 is 1.38 bits per heavy atom. The molecule has 1 saturated heterocycles. The molecule has 0 radical (unpaired) electrons. The molecule has 126 valence electrons. The first-order chi connectivity index (χ1) is 11.6. The summed E-state index contributed by atoms with van der Waals surface area (Å²) in [6.45, 7) is 0.630. The first-order valence-corrected chi connectivity index (χ1v) is 7.68. The summed E-state index contributed by atoms with van der Waals surface area (Å²) in [7, 11) is 0. The number of hydrogen-bond donors (Lipinski definition) is 1. The molecular weight excluding hydrogens is 313 g/mol. The van der Waals surface area contributed by atoms with E-state index < -0.39 is 5.60 Å². The fourth-order valence-electron chi connectivity index (χ4n) is 2.87. The number of hydrogen-bond acceptors (Lipinski definition) is 5. The minimum atomic E-state index is -0.954. The number of nitrogens with zero attached hydrogens (tertiary/aromatic N) is 3. The van der Waals surface area contributed by atoms with Gasteiger partial charge >= 0.3 is 0 Å². The van der Waals surface area contributed by atoms with Crippen LogP contribution in [-0.2, 0) is 11.2 Å². The van der Waals surface area contributed by atoms with Gasteiger partial charge in [-0.05, 0) is 29.8 Å². The Bertz CT molecular complexity index is 713. The zero-order chi connectivity index (χ0) is 17.0. The van der Waals surface area contributed by atoms with E-state index in [9.17, 15) is 14.3 Å². The first-order valence-electron chi connectivity index (χ1n) is 7.68. The van der Waals surface area contributed by atoms with Crippen molar-refractivity contribution in [2.45, 2.75) is 12.0 Å². The SMILES string of the molecule is O=C(c1cccnn1)N1CCO[C@@](CO)(Cc2cccc(F)c2)C1. The molecule has 1 fully saturated rings. The molecule has 6 nitrogen and oxygen atoms in total. The van der Waals surface area contributed by atoms with Crippen LogP contribution in [0.15, 0.2) is 42.6 Å². The van der Waals surface area contributed by atoms with Crippen molar-refractivity contribution in [1.29, 1.82) is 0 Å². The van der Waals surface area contributed by atoms with E-state index in [-0.39, 0.29) is 30.6 Å². The average Bonchev–Trinajstić information content (AvgIpc) is 2.62. The minimum Gasteiger partial charge on any atom is -0.393 e. The monoisotopic (exact) mass is 331 g/mol. The number of aromatic nitrogens is 2. The van der Waals surface area contributed by atoms with Gasteiger partial charge in [-0.15, -0.1) is 5.10 Å². The van der Waals surface area contributed by atoms with Crippen molar-refractivity contribution >= 4 is 5.91 Å². The lowest BCUT2D eigenvalue weighted by Crippen LogP contribution is -2.57. The number of halogens is 1. The van der Waals surface area contributed by atoms with Crippen LogP contribution in [-0.4, -0.2) is 58.0 Å². The standard InChI is InChI=1S/C17H18FN3O3/c18-14-4-1-3-13(9-14)10-17(12-22)11-21(7-8-24-17)16(23)15-5-2-6-19-20-15/h1-6,9,22H,7-8,10-12H2/t17-/m0/s1. The summed E-state index contributed by atoms with van der Waals surface area (Å²) in [6.07, 6.45) is 1.81. The quantitative estimate of drug-likeness (QED) is 0.907. The lowest BCUT2D eigenvalue weighted by Gasteiger charge is -2.41. The van der Waals surface area contributed by atoms with Gasteiger partial charge in [0.05, 0.1) is 19.8 Å². The highest BCUT2D eigenvalue weighted by Crippen LogP contribution is 2.24. The van der Waals surface area contributed by atoms with Gasteiger partial charge in [-0.3, -0.25) is 4.79 Å². The number of morpholine rings is 1. The van der Waals surface area contributed by atoms with E-state index in [0.29, 0.717) is 25.1 Å². The second-order valence-electron chi connectivity index (χ2n) is 5.83. The molecule has 1 amide bonds. The molecule has 0 aliphatic carbocycles. The number of carbonyl (C=O) groups is 1. The van der Waals surface area contributed by atoms with Gasteiger partial charge in [0, 0.05) is 19.2 Å². The predicted octanol–water partition coefficient (Wildman–Crippen LogP) is 1.06. The maximum atomic E-state index is 13.4. The van der Waals surface area contributed by atoms with E-state index in [2.05, 4.69) is 10.2 Å². The number of rotatable bonds is 4. The molecule has 7 heteroatoms. The first kappa shape index (κ1) is 16.5. The van der Waals surface area contributed by atoms with Gasteiger partial charge in [0.15, 0.2) is 5.69 Å². The van der Waals surface area contributed by atoms with Gasteiger partial charge in [0.25, 0.3) is 5.91 Å². The Morgan fingerprint density at radius 3 is 2.96 bits per heavy atom. The lowest BCUT2D eigenvalue weighted by molar-refractivity contribution is -0.123. The Hall–Kier alpha value is -2.38. The van der Waals surface area contributed by atoms with Crippen molar-refractivity contribution < 1.29 is 19.0 Å². The van der Waals surface area contributed by atoms with Crippen LogP contribution in [0.1, 0.15) is 16.1 Å². The average molecular weight is 331 g/mol. The molecule has 1 N–H and O–H groups in total. The highest BCUT2D eigenvalue weighted by Gasteiger charge is 2.38. The van der Waals surface area contributed by atoms with Gasteiger partial charge in [-0.25, -0.2) is 4.39 Å². The van der Waals surface area contributed by atoms with Crippen LogP contribution in [0, 0.1) is 5.82 Å². The van der Waals surface area contributed by atoms with E-state index >= 15 is 0 Å². The summed E-state index contributed by atoms with van der Waals surface area (Å²) in [5.74, 6) is -0.604. The van der Waals surface area contributed by atoms with Gasteiger partial charge in [-0.1, -0.05) is 12.1 Å². The third-order valence-electron chi connectivity index (χ3n) is 4.03. The molecule has 2 aromatic rings. The zero-order valence-electron chi connectivity index (χ0n) is 13.1. The summed E-state index contributed by atoms with van der Waals surface area (Å²) in [5, 5.41) is 17.4. The van der Waals surface area contributed by atoms with E-state index in [0.717, 1.165) is 0 Å². The van der Waals surface area contributed by atoms with Crippen molar-refractivity contribution in [1.82, 2.24) is 15.1 Å². The normalized spacial score (nSPS) is 20.8. The maximum Gasteiger partial charge on any atom is 0.274 e. The number of carbonyl (C=O) groups excluding carboxylic acids is 1. The Kier molecular flexibility index (Phi) is 4.82. The lowest BCUT2D eigenvalue weighted by atomic mass is 9.93. The van der Waals surface area contributed by atoms with Crippen molar-refractivity contribution in [3.05, 3.63) is 59.7 Å². The molecule has 1 atom stereocenters. The highest BCUT2D eigenvalue weighted by atomic mass is 19.1. The molecule has 1 aliphatic heterocycles. The van der Waals surface area contributed by atoms with Crippen molar-refractivity contribution in [3.63, 3.8) is 0 Å². The van der Waals surface area contributed by atoms with Gasteiger partial charge in [0.1, 0.15) is 11.4 Å². The van der Waals surface area contributed by atoms with Crippen molar-refractivity contribution in [2.24, 2.45) is 0 Å². The number of ether oxygens (including phenoxy) is 1. The number of aliphatic hydroxyl groups is 1. The summed E-state index contributed by atoms with van der Waals surface area (Å²) in [5.41, 5.74) is -0.000890. The van der Waals surface area contributed by atoms with Crippen LogP contribution in [0.2, 0.25) is 0 Å². The summed E-state index contributed by atoms with van der Waals surface area (Å²) in [6, 6.07) is 9.39. The zero-order valence-corrected chi connectivity index (χ0v) is 13.1. The largest absolute Gasteiger partial charge is 0.393 e. The van der Waals surface area contributed by atoms with Crippen molar-refractivity contribution in [2.75, 3.05) is 26.3 Å². The second-order valence-corrected chi connectivity index (χ2v) is 5.83. The molecule has 0 saturated carbocycles. The highest BCUT2D eigenvalue weighted by molar-refractivity contribution is 5.92. The maximum absolute atomic E-state index is 13.4. The molecule has 1 aromatic carbocycles. The minimum absolute atomic E-state index is 0.204. The van der Waals surface area contributed by atoms with E-state index in [1.807, 2.05) is 0 Å². The van der Waals surface area contributed by atoms with Gasteiger partial charge in [0.2, 0.25) is 0 Å². The van der Waals surface area contributed by atoms with Crippen LogP contribution in [0.5, 0.6) is 0 Å². The van der Waals surface area contributed by atoms with Crippen molar-refractivity contribution in [3.8, 4) is 0 Å². The molecule has 3 rings (SSSR count). The predicted molar refractivity (Wildman–Crippen MR) is 83.8 cm³/mol. The Balaban J connectivity index is 1.78. The molecule has 24 heavy (non-hydrogen) atoms. The molecule has 1 aromatic heterocycles. The second kappa shape index (κ2) is 7.02. The topological polar surface area (TPSA) is 75.6 Å². The number of benzene rings is 1. The van der Waals surface area contributed by atoms with Crippen LogP contribution in [0.3, 0.4) is 0 Å². The Morgan fingerprint density at radius 2 is 2.25 bits per heavy atom. The fourth-order valence-corrected chi connectivity index (χ4v) is 2.87. The third kappa shape index (κ3) is 3.58. The Labute approximate surface area is 138 Å². The van der Waals surface area contributed by atoms with Crippen LogP contribution in [0.25, 0.3) is 0 Å². The van der Waals surface area contributed by atoms with Crippen LogP contribution >= 0.6 is 0 Å². The van der Waals surface area contributed by atoms with E-state index in [1.54, 1.807) is 29.2 Å². The molecule has 1 aliphatic rings. The third-order valence-corrected chi connectivity index (χ3v) is 4.03. The number of aliphatic hydroxyl groups excluding tert-OH is 1. The number of amides is 1. The molecule has 0 unspecified atom stereocenters. The van der Waals surface area contributed by atoms with E-state index in [1.165, 1.54) is 18.3 Å². The van der Waals surface area contributed by atoms with E-state index in [4.69, 9.17) is 4.74 Å². The molecule has 2 heterocycles. The summed E-state index contributed by atoms with van der Waals surface area (Å²) < 4.78 is 19.2. The fraction of sp³-hybridized carbons (Fsp3) is 0.353. The summed E-state index contributed by atoms with van der Waals surface area (Å²) >= 11 is 0. The summed E-state index contributed by atoms with van der Waals surface area (Å²) in [4.78, 5) is 14.1. The smallest absolute Gasteiger partial charge is 0.274 e. The molecule has 0 bridgehead atoms. The van der Waals surface area contributed by atoms with Gasteiger partial charge in [-0.2, -0.15) is 5.10 Å². The molecular formula is C17H18FN3O3. The van der Waals surface area contributed by atoms with Gasteiger partial charge < -0.3 is 14.7 Å². The van der Waals surface area contributed by atoms with Crippen LogP contribution in [0.4, 0.5) is 4.39 Å². The molecule has 0 spiro atoms.